The Bertz CT molecular complexity index is 751. The number of hydrogen-bond donors (Lipinski definition) is 2. The lowest BCUT2D eigenvalue weighted by Crippen LogP contribution is -2.19. The molecule has 4 heteroatoms. The van der Waals surface area contributed by atoms with Crippen LogP contribution in [0.25, 0.3) is 11.1 Å². The Morgan fingerprint density at radius 3 is 2.58 bits per heavy atom. The largest absolute Gasteiger partial charge is 0.489 e. The Morgan fingerprint density at radius 2 is 1.92 bits per heavy atom. The van der Waals surface area contributed by atoms with Crippen LogP contribution >= 0.6 is 0 Å². The van der Waals surface area contributed by atoms with E-state index in [1.54, 1.807) is 0 Å². The summed E-state index contributed by atoms with van der Waals surface area (Å²) in [7, 11) is 0. The smallest absolute Gasteiger partial charge is 0.310 e. The molecule has 2 N–H and O–H groups in total. The summed E-state index contributed by atoms with van der Waals surface area (Å²) < 4.78 is 6.05. The maximum Gasteiger partial charge on any atom is 0.310 e. The van der Waals surface area contributed by atoms with Crippen molar-refractivity contribution in [3.63, 3.8) is 0 Å². The standard InChI is InChI=1S/C22H27NO3/c1-15(2)11-21(22(24)25)18-7-3-5-16(12-18)17-6-4-8-19(13-17)26-20-9-10-23-14-20/h3-8,12-13,15,20-21,23H,9-11,14H2,1-2H3,(H,24,25). The summed E-state index contributed by atoms with van der Waals surface area (Å²) in [5, 5.41) is 12.9. The molecule has 0 spiro atoms. The first-order chi connectivity index (χ1) is 12.5. The maximum absolute atomic E-state index is 11.7. The lowest BCUT2D eigenvalue weighted by Gasteiger charge is -2.17. The van der Waals surface area contributed by atoms with E-state index in [2.05, 4.69) is 19.2 Å². The molecule has 0 amide bonds. The fourth-order valence-corrected chi connectivity index (χ4v) is 3.46. The fraction of sp³-hybridized carbons (Fsp3) is 0.409. The maximum atomic E-state index is 11.7. The molecule has 138 valence electrons. The first kappa shape index (κ1) is 18.5. The fourth-order valence-electron chi connectivity index (χ4n) is 3.46. The van der Waals surface area contributed by atoms with E-state index in [0.717, 1.165) is 42.0 Å². The minimum atomic E-state index is -0.762. The summed E-state index contributed by atoms with van der Waals surface area (Å²) in [6, 6.07) is 15.9. The van der Waals surface area contributed by atoms with E-state index in [-0.39, 0.29) is 6.10 Å². The van der Waals surface area contributed by atoms with Crippen molar-refractivity contribution in [2.45, 2.75) is 38.7 Å². The third-order valence-electron chi connectivity index (χ3n) is 4.78. The molecular weight excluding hydrogens is 326 g/mol. The van der Waals surface area contributed by atoms with Crippen molar-refractivity contribution >= 4 is 5.97 Å². The van der Waals surface area contributed by atoms with Gasteiger partial charge >= 0.3 is 5.97 Å². The van der Waals surface area contributed by atoms with Crippen molar-refractivity contribution in [2.24, 2.45) is 5.92 Å². The molecule has 2 unspecified atom stereocenters. The molecule has 1 aliphatic heterocycles. The Kier molecular flexibility index (Phi) is 5.94. The zero-order valence-electron chi connectivity index (χ0n) is 15.4. The van der Waals surface area contributed by atoms with Gasteiger partial charge in [0.2, 0.25) is 0 Å². The lowest BCUT2D eigenvalue weighted by molar-refractivity contribution is -0.139. The Balaban J connectivity index is 1.84. The number of ether oxygens (including phenoxy) is 1. The monoisotopic (exact) mass is 353 g/mol. The summed E-state index contributed by atoms with van der Waals surface area (Å²) in [6.45, 7) is 5.99. The number of rotatable bonds is 7. The molecule has 2 aromatic carbocycles. The Morgan fingerprint density at radius 1 is 1.19 bits per heavy atom. The van der Waals surface area contributed by atoms with Gasteiger partial charge in [0.1, 0.15) is 11.9 Å². The third-order valence-corrected chi connectivity index (χ3v) is 4.78. The number of nitrogens with one attached hydrogen (secondary N) is 1. The lowest BCUT2D eigenvalue weighted by atomic mass is 9.89. The molecule has 0 radical (unpaired) electrons. The van der Waals surface area contributed by atoms with Crippen molar-refractivity contribution in [3.05, 3.63) is 54.1 Å². The molecule has 0 saturated carbocycles. The van der Waals surface area contributed by atoms with Gasteiger partial charge in [-0.1, -0.05) is 50.2 Å². The van der Waals surface area contributed by atoms with Crippen LogP contribution in [0.2, 0.25) is 0 Å². The molecule has 1 fully saturated rings. The van der Waals surface area contributed by atoms with Crippen LogP contribution < -0.4 is 10.1 Å². The molecule has 0 aromatic heterocycles. The molecule has 0 aliphatic carbocycles. The second-order valence-electron chi connectivity index (χ2n) is 7.41. The van der Waals surface area contributed by atoms with Gasteiger partial charge in [-0.05, 0) is 54.1 Å². The van der Waals surface area contributed by atoms with Crippen LogP contribution in [-0.2, 0) is 4.79 Å². The average molecular weight is 353 g/mol. The van der Waals surface area contributed by atoms with Crippen molar-refractivity contribution in [1.29, 1.82) is 0 Å². The molecule has 4 nitrogen and oxygen atoms in total. The van der Waals surface area contributed by atoms with E-state index in [1.807, 2.05) is 48.5 Å². The minimum Gasteiger partial charge on any atom is -0.489 e. The van der Waals surface area contributed by atoms with Crippen LogP contribution in [0.4, 0.5) is 0 Å². The zero-order chi connectivity index (χ0) is 18.5. The van der Waals surface area contributed by atoms with E-state index in [1.165, 1.54) is 0 Å². The van der Waals surface area contributed by atoms with Crippen LogP contribution in [0.15, 0.2) is 48.5 Å². The van der Waals surface area contributed by atoms with Crippen molar-refractivity contribution < 1.29 is 14.6 Å². The number of carboxylic acids is 1. The van der Waals surface area contributed by atoms with E-state index in [9.17, 15) is 9.90 Å². The highest BCUT2D eigenvalue weighted by Gasteiger charge is 2.21. The zero-order valence-corrected chi connectivity index (χ0v) is 15.4. The molecule has 3 rings (SSSR count). The highest BCUT2D eigenvalue weighted by molar-refractivity contribution is 5.77. The van der Waals surface area contributed by atoms with E-state index in [0.29, 0.717) is 12.3 Å². The van der Waals surface area contributed by atoms with Crippen LogP contribution in [0.5, 0.6) is 5.75 Å². The topological polar surface area (TPSA) is 58.6 Å². The molecule has 1 saturated heterocycles. The van der Waals surface area contributed by atoms with Crippen LogP contribution in [-0.4, -0.2) is 30.3 Å². The van der Waals surface area contributed by atoms with Gasteiger partial charge in [0.25, 0.3) is 0 Å². The summed E-state index contributed by atoms with van der Waals surface area (Å²) in [4.78, 5) is 11.7. The van der Waals surface area contributed by atoms with Crippen LogP contribution in [0.1, 0.15) is 38.2 Å². The molecule has 26 heavy (non-hydrogen) atoms. The Hall–Kier alpha value is -2.33. The second kappa shape index (κ2) is 8.37. The molecule has 1 heterocycles. The summed E-state index contributed by atoms with van der Waals surface area (Å²) in [6.07, 6.45) is 1.88. The SMILES string of the molecule is CC(C)CC(C(=O)O)c1cccc(-c2cccc(OC3CCNC3)c2)c1. The summed E-state index contributed by atoms with van der Waals surface area (Å²) >= 11 is 0. The van der Waals surface area contributed by atoms with E-state index >= 15 is 0 Å². The van der Waals surface area contributed by atoms with Gasteiger partial charge in [-0.15, -0.1) is 0 Å². The van der Waals surface area contributed by atoms with Crippen molar-refractivity contribution in [1.82, 2.24) is 5.32 Å². The highest BCUT2D eigenvalue weighted by atomic mass is 16.5. The predicted molar refractivity (Wildman–Crippen MR) is 104 cm³/mol. The van der Waals surface area contributed by atoms with Gasteiger partial charge in [0.05, 0.1) is 5.92 Å². The molecule has 2 atom stereocenters. The third kappa shape index (κ3) is 4.64. The van der Waals surface area contributed by atoms with Crippen molar-refractivity contribution in [2.75, 3.05) is 13.1 Å². The van der Waals surface area contributed by atoms with Gasteiger partial charge < -0.3 is 15.2 Å². The first-order valence-corrected chi connectivity index (χ1v) is 9.33. The molecule has 1 aliphatic rings. The number of aliphatic carboxylic acids is 1. The van der Waals surface area contributed by atoms with Gasteiger partial charge in [-0.25, -0.2) is 0 Å². The number of carboxylic acid groups (broad SMARTS) is 1. The minimum absolute atomic E-state index is 0.221. The normalized spacial score (nSPS) is 18.0. The quantitative estimate of drug-likeness (QED) is 0.779. The van der Waals surface area contributed by atoms with E-state index in [4.69, 9.17) is 4.74 Å². The highest BCUT2D eigenvalue weighted by Crippen LogP contribution is 2.30. The van der Waals surface area contributed by atoms with Gasteiger partial charge in [0, 0.05) is 6.54 Å². The summed E-state index contributed by atoms with van der Waals surface area (Å²) in [5.41, 5.74) is 2.92. The van der Waals surface area contributed by atoms with Crippen LogP contribution in [0, 0.1) is 5.92 Å². The van der Waals surface area contributed by atoms with Crippen LogP contribution in [0.3, 0.4) is 0 Å². The van der Waals surface area contributed by atoms with Gasteiger partial charge in [-0.3, -0.25) is 4.79 Å². The van der Waals surface area contributed by atoms with Gasteiger partial charge in [0.15, 0.2) is 0 Å². The number of benzene rings is 2. The molecule has 0 bridgehead atoms. The van der Waals surface area contributed by atoms with Gasteiger partial charge in [-0.2, -0.15) is 0 Å². The van der Waals surface area contributed by atoms with Crippen molar-refractivity contribution in [3.8, 4) is 16.9 Å². The predicted octanol–water partition coefficient (Wildman–Crippen LogP) is 4.31. The molecule has 2 aromatic rings. The average Bonchev–Trinajstić information content (AvgIpc) is 3.12. The summed E-state index contributed by atoms with van der Waals surface area (Å²) in [5.74, 6) is -0.0457. The number of hydrogen-bond acceptors (Lipinski definition) is 3. The van der Waals surface area contributed by atoms with E-state index < -0.39 is 11.9 Å². The number of carbonyl (C=O) groups is 1. The molecular formula is C22H27NO3. The Labute approximate surface area is 155 Å². The first-order valence-electron chi connectivity index (χ1n) is 9.33. The second-order valence-corrected chi connectivity index (χ2v) is 7.41.